The summed E-state index contributed by atoms with van der Waals surface area (Å²) in [5.74, 6) is -1.32. The molecule has 142 valence electrons. The number of carbonyl (C=O) groups is 3. The Bertz CT molecular complexity index is 852. The van der Waals surface area contributed by atoms with E-state index in [1.165, 1.54) is 12.1 Å². The van der Waals surface area contributed by atoms with Crippen LogP contribution in [0.2, 0.25) is 0 Å². The van der Waals surface area contributed by atoms with Gasteiger partial charge in [0.15, 0.2) is 0 Å². The summed E-state index contributed by atoms with van der Waals surface area (Å²) in [7, 11) is 0. The largest absolute Gasteiger partial charge is 0.478 e. The normalized spacial score (nSPS) is 10.4. The number of hydroxylamine groups is 1. The van der Waals surface area contributed by atoms with Crippen LogP contribution in [0.5, 0.6) is 0 Å². The summed E-state index contributed by atoms with van der Waals surface area (Å²) >= 11 is 1.55. The quantitative estimate of drug-likeness (QED) is 0.295. The number of nitrogens with one attached hydrogen (secondary N) is 1. The second kappa shape index (κ2) is 9.75. The lowest BCUT2D eigenvalue weighted by Crippen LogP contribution is -2.18. The topological polar surface area (TPSA) is 124 Å². The third kappa shape index (κ3) is 5.83. The van der Waals surface area contributed by atoms with Crippen LogP contribution in [0.25, 0.3) is 11.1 Å². The zero-order valence-corrected chi connectivity index (χ0v) is 15.2. The number of carboxylic acids is 2. The molecule has 0 fully saturated rings. The van der Waals surface area contributed by atoms with Crippen LogP contribution in [-0.4, -0.2) is 39.0 Å². The van der Waals surface area contributed by atoms with Gasteiger partial charge >= 0.3 is 11.9 Å². The summed E-state index contributed by atoms with van der Waals surface area (Å²) in [4.78, 5) is 33.7. The predicted octanol–water partition coefficient (Wildman–Crippen LogP) is 3.27. The van der Waals surface area contributed by atoms with Crippen molar-refractivity contribution in [2.24, 2.45) is 0 Å². The van der Waals surface area contributed by atoms with E-state index in [2.05, 4.69) is 0 Å². The smallest absolute Gasteiger partial charge is 0.336 e. The van der Waals surface area contributed by atoms with Crippen molar-refractivity contribution >= 4 is 29.6 Å². The number of aromatic carboxylic acids is 2. The molecule has 7 nitrogen and oxygen atoms in total. The molecule has 0 aliphatic rings. The Balaban J connectivity index is 2.13. The Hall–Kier alpha value is -2.84. The van der Waals surface area contributed by atoms with Crippen LogP contribution >= 0.6 is 11.8 Å². The highest BCUT2D eigenvalue weighted by atomic mass is 32.2. The van der Waals surface area contributed by atoms with Crippen molar-refractivity contribution in [2.75, 3.05) is 5.75 Å². The lowest BCUT2D eigenvalue weighted by molar-refractivity contribution is -0.129. The molecule has 0 saturated heterocycles. The molecular formula is C19H19NO6S. The first-order chi connectivity index (χ1) is 12.9. The standard InChI is InChI=1S/C19H19NO6S/c21-17(20-26)5-2-8-27-11-12-6-7-15(16(9-12)19(24)25)13-3-1-4-14(10-13)18(22)23/h1,3-4,6-7,9-10,26H,2,5,8,11H2,(H,20,21)(H,22,23)(H,24,25). The molecule has 0 heterocycles. The van der Waals surface area contributed by atoms with E-state index in [1.807, 2.05) is 6.07 Å². The molecule has 0 aliphatic heterocycles. The van der Waals surface area contributed by atoms with Crippen LogP contribution in [-0.2, 0) is 10.5 Å². The summed E-state index contributed by atoms with van der Waals surface area (Å²) in [5.41, 5.74) is 3.58. The number of carboxylic acid groups (broad SMARTS) is 2. The van der Waals surface area contributed by atoms with Gasteiger partial charge < -0.3 is 10.2 Å². The molecule has 27 heavy (non-hydrogen) atoms. The van der Waals surface area contributed by atoms with Gasteiger partial charge in [0.05, 0.1) is 11.1 Å². The lowest BCUT2D eigenvalue weighted by atomic mass is 9.96. The molecule has 0 atom stereocenters. The van der Waals surface area contributed by atoms with Crippen LogP contribution < -0.4 is 5.48 Å². The molecule has 2 aromatic rings. The second-order valence-corrected chi connectivity index (χ2v) is 6.87. The van der Waals surface area contributed by atoms with Gasteiger partial charge in [-0.3, -0.25) is 10.0 Å². The number of hydrogen-bond acceptors (Lipinski definition) is 5. The number of hydrogen-bond donors (Lipinski definition) is 4. The third-order valence-corrected chi connectivity index (χ3v) is 4.94. The van der Waals surface area contributed by atoms with Gasteiger partial charge in [-0.25, -0.2) is 15.1 Å². The highest BCUT2D eigenvalue weighted by molar-refractivity contribution is 7.98. The summed E-state index contributed by atoms with van der Waals surface area (Å²) in [6.07, 6.45) is 0.825. The SMILES string of the molecule is O=C(CCCSCc1ccc(-c2cccc(C(=O)O)c2)c(C(=O)O)c1)NO. The molecule has 4 N–H and O–H groups in total. The fourth-order valence-corrected chi connectivity index (χ4v) is 3.42. The van der Waals surface area contributed by atoms with Gasteiger partial charge in [0, 0.05) is 12.2 Å². The van der Waals surface area contributed by atoms with Crippen LogP contribution in [0.4, 0.5) is 0 Å². The van der Waals surface area contributed by atoms with Gasteiger partial charge in [-0.05, 0) is 47.1 Å². The first-order valence-corrected chi connectivity index (χ1v) is 9.28. The van der Waals surface area contributed by atoms with E-state index in [4.69, 9.17) is 10.3 Å². The third-order valence-electron chi connectivity index (χ3n) is 3.82. The van der Waals surface area contributed by atoms with Crippen LogP contribution in [0, 0.1) is 0 Å². The Morgan fingerprint density at radius 2 is 1.78 bits per heavy atom. The van der Waals surface area contributed by atoms with Crippen LogP contribution in [0.1, 0.15) is 39.1 Å². The summed E-state index contributed by atoms with van der Waals surface area (Å²) in [5, 5.41) is 27.1. The Labute approximate surface area is 160 Å². The van der Waals surface area contributed by atoms with Crippen LogP contribution in [0.15, 0.2) is 42.5 Å². The molecule has 2 rings (SSSR count). The molecule has 0 aromatic heterocycles. The van der Waals surface area contributed by atoms with Gasteiger partial charge in [0.2, 0.25) is 5.91 Å². The van der Waals surface area contributed by atoms with Crippen LogP contribution in [0.3, 0.4) is 0 Å². The van der Waals surface area contributed by atoms with Crippen molar-refractivity contribution in [1.29, 1.82) is 0 Å². The molecular weight excluding hydrogens is 370 g/mol. The van der Waals surface area contributed by atoms with Gasteiger partial charge in [-0.2, -0.15) is 11.8 Å². The average Bonchev–Trinajstić information content (AvgIpc) is 2.67. The second-order valence-electron chi connectivity index (χ2n) is 5.76. The van der Waals surface area contributed by atoms with Crippen molar-refractivity contribution < 1.29 is 29.8 Å². The predicted molar refractivity (Wildman–Crippen MR) is 101 cm³/mol. The number of benzene rings is 2. The fraction of sp³-hybridized carbons (Fsp3) is 0.211. The molecule has 0 bridgehead atoms. The lowest BCUT2D eigenvalue weighted by Gasteiger charge is -2.10. The van der Waals surface area contributed by atoms with Gasteiger partial charge in [-0.1, -0.05) is 24.3 Å². The molecule has 1 amide bonds. The summed E-state index contributed by atoms with van der Waals surface area (Å²) < 4.78 is 0. The molecule has 0 aliphatic carbocycles. The maximum atomic E-state index is 11.7. The Morgan fingerprint density at radius 1 is 1.00 bits per heavy atom. The molecule has 0 saturated carbocycles. The van der Waals surface area contributed by atoms with E-state index in [0.717, 1.165) is 5.56 Å². The molecule has 0 unspecified atom stereocenters. The van der Waals surface area contributed by atoms with E-state index >= 15 is 0 Å². The number of thioether (sulfide) groups is 1. The van der Waals surface area contributed by atoms with E-state index in [9.17, 15) is 19.5 Å². The molecule has 2 aromatic carbocycles. The van der Waals surface area contributed by atoms with Gasteiger partial charge in [-0.15, -0.1) is 0 Å². The highest BCUT2D eigenvalue weighted by Gasteiger charge is 2.14. The monoisotopic (exact) mass is 389 g/mol. The Kier molecular flexibility index (Phi) is 7.39. The zero-order valence-electron chi connectivity index (χ0n) is 14.3. The number of amides is 1. The van der Waals surface area contributed by atoms with Gasteiger partial charge in [0.25, 0.3) is 0 Å². The molecule has 0 radical (unpaired) electrons. The maximum Gasteiger partial charge on any atom is 0.336 e. The van der Waals surface area contributed by atoms with E-state index in [1.54, 1.807) is 41.5 Å². The van der Waals surface area contributed by atoms with Crippen molar-refractivity contribution in [1.82, 2.24) is 5.48 Å². The van der Waals surface area contributed by atoms with E-state index in [-0.39, 0.29) is 17.5 Å². The molecule has 0 spiro atoms. The van der Waals surface area contributed by atoms with E-state index < -0.39 is 17.8 Å². The van der Waals surface area contributed by atoms with Crippen molar-refractivity contribution in [3.05, 3.63) is 59.2 Å². The summed E-state index contributed by atoms with van der Waals surface area (Å²) in [6.45, 7) is 0. The number of rotatable bonds is 9. The van der Waals surface area contributed by atoms with Crippen molar-refractivity contribution in [3.8, 4) is 11.1 Å². The maximum absolute atomic E-state index is 11.7. The first-order valence-electron chi connectivity index (χ1n) is 8.13. The van der Waals surface area contributed by atoms with E-state index in [0.29, 0.717) is 29.1 Å². The molecule has 8 heteroatoms. The average molecular weight is 389 g/mol. The minimum Gasteiger partial charge on any atom is -0.478 e. The fourth-order valence-electron chi connectivity index (χ4n) is 2.51. The van der Waals surface area contributed by atoms with Crippen molar-refractivity contribution in [3.63, 3.8) is 0 Å². The number of carbonyl (C=O) groups excluding carboxylic acids is 1. The summed E-state index contributed by atoms with van der Waals surface area (Å²) in [6, 6.07) is 11.2. The zero-order chi connectivity index (χ0) is 19.8. The highest BCUT2D eigenvalue weighted by Crippen LogP contribution is 2.27. The van der Waals surface area contributed by atoms with Gasteiger partial charge in [0.1, 0.15) is 0 Å². The minimum absolute atomic E-state index is 0.0930. The van der Waals surface area contributed by atoms with Crippen molar-refractivity contribution in [2.45, 2.75) is 18.6 Å². The first kappa shape index (κ1) is 20.5. The minimum atomic E-state index is -1.09. The Morgan fingerprint density at radius 3 is 2.44 bits per heavy atom.